The summed E-state index contributed by atoms with van der Waals surface area (Å²) in [6.07, 6.45) is -1.41. The molecule has 0 aliphatic carbocycles. The predicted molar refractivity (Wildman–Crippen MR) is 89.5 cm³/mol. The molecule has 0 unspecified atom stereocenters. The zero-order valence-electron chi connectivity index (χ0n) is 14.2. The van der Waals surface area contributed by atoms with Crippen LogP contribution in [0, 0.1) is 21.7 Å². The van der Waals surface area contributed by atoms with Crippen molar-refractivity contribution >= 4 is 23.3 Å². The van der Waals surface area contributed by atoms with Crippen molar-refractivity contribution in [1.29, 1.82) is 0 Å². The van der Waals surface area contributed by atoms with Gasteiger partial charge in [0.2, 0.25) is 0 Å². The Kier molecular flexibility index (Phi) is 6.01. The van der Waals surface area contributed by atoms with Crippen LogP contribution in [0.5, 0.6) is 5.75 Å². The van der Waals surface area contributed by atoms with Gasteiger partial charge in [0.05, 0.1) is 23.8 Å². The van der Waals surface area contributed by atoms with Crippen molar-refractivity contribution in [2.45, 2.75) is 13.0 Å². The van der Waals surface area contributed by atoms with Gasteiger partial charge >= 0.3 is 5.97 Å². The van der Waals surface area contributed by atoms with Crippen molar-refractivity contribution in [2.24, 2.45) is 0 Å². The van der Waals surface area contributed by atoms with Gasteiger partial charge in [0.25, 0.3) is 11.6 Å². The second-order valence-corrected chi connectivity index (χ2v) is 5.28. The summed E-state index contributed by atoms with van der Waals surface area (Å²) in [7, 11) is 1.25. The van der Waals surface area contributed by atoms with E-state index in [0.29, 0.717) is 0 Å². The van der Waals surface area contributed by atoms with E-state index in [-0.39, 0.29) is 17.1 Å². The summed E-state index contributed by atoms with van der Waals surface area (Å²) in [6, 6.07) is 6.32. The van der Waals surface area contributed by atoms with Gasteiger partial charge in [-0.15, -0.1) is 0 Å². The average Bonchev–Trinajstić information content (AvgIpc) is 2.61. The van der Waals surface area contributed by atoms with Crippen molar-refractivity contribution < 1.29 is 32.8 Å². The lowest BCUT2D eigenvalue weighted by atomic mass is 10.2. The quantitative estimate of drug-likeness (QED) is 0.469. The van der Waals surface area contributed by atoms with Crippen LogP contribution in [0.1, 0.15) is 17.3 Å². The monoisotopic (exact) mass is 380 g/mol. The molecule has 0 saturated heterocycles. The zero-order chi connectivity index (χ0) is 20.1. The Hall–Kier alpha value is -3.56. The molecule has 1 atom stereocenters. The number of nitrogens with one attached hydrogen (secondary N) is 1. The summed E-state index contributed by atoms with van der Waals surface area (Å²) in [5.74, 6) is -4.40. The summed E-state index contributed by atoms with van der Waals surface area (Å²) < 4.78 is 36.9. The van der Waals surface area contributed by atoms with E-state index in [9.17, 15) is 28.5 Å². The van der Waals surface area contributed by atoms with Crippen LogP contribution in [-0.2, 0) is 9.53 Å². The highest BCUT2D eigenvalue weighted by Gasteiger charge is 2.25. The number of benzene rings is 2. The Balaban J connectivity index is 2.12. The van der Waals surface area contributed by atoms with E-state index in [2.05, 4.69) is 5.32 Å². The van der Waals surface area contributed by atoms with Crippen molar-refractivity contribution in [3.63, 3.8) is 0 Å². The van der Waals surface area contributed by atoms with Gasteiger partial charge in [0.15, 0.2) is 6.10 Å². The number of nitro benzene ring substituents is 1. The first-order chi connectivity index (χ1) is 12.7. The number of hydrogen-bond donors (Lipinski definition) is 1. The molecule has 8 nitrogen and oxygen atoms in total. The van der Waals surface area contributed by atoms with Gasteiger partial charge < -0.3 is 14.8 Å². The number of methoxy groups -OCH3 is 1. The predicted octanol–water partition coefficient (Wildman–Crippen LogP) is 3.07. The highest BCUT2D eigenvalue weighted by atomic mass is 19.1. The van der Waals surface area contributed by atoms with Crippen LogP contribution in [-0.4, -0.2) is 30.0 Å². The Bertz CT molecular complexity index is 883. The van der Waals surface area contributed by atoms with Crippen LogP contribution in [0.15, 0.2) is 36.4 Å². The van der Waals surface area contributed by atoms with Gasteiger partial charge in [-0.1, -0.05) is 6.07 Å². The number of carbonyl (C=O) groups excluding carboxylic acids is 2. The Morgan fingerprint density at radius 1 is 1.19 bits per heavy atom. The molecule has 2 rings (SSSR count). The molecule has 0 aliphatic rings. The average molecular weight is 380 g/mol. The number of nitrogens with zero attached hydrogens (tertiary/aromatic N) is 1. The Labute approximate surface area is 151 Å². The molecule has 2 aromatic carbocycles. The first-order valence-electron chi connectivity index (χ1n) is 7.53. The Morgan fingerprint density at radius 3 is 2.37 bits per heavy atom. The highest BCUT2D eigenvalue weighted by Crippen LogP contribution is 2.29. The molecular weight excluding hydrogens is 366 g/mol. The summed E-state index contributed by atoms with van der Waals surface area (Å²) >= 11 is 0. The zero-order valence-corrected chi connectivity index (χ0v) is 14.2. The van der Waals surface area contributed by atoms with Crippen molar-refractivity contribution in [3.8, 4) is 5.75 Å². The molecule has 2 aromatic rings. The molecule has 27 heavy (non-hydrogen) atoms. The number of halogens is 2. The fourth-order valence-electron chi connectivity index (χ4n) is 2.10. The van der Waals surface area contributed by atoms with Gasteiger partial charge in [0, 0.05) is 6.07 Å². The number of rotatable bonds is 6. The second kappa shape index (κ2) is 8.21. The summed E-state index contributed by atoms with van der Waals surface area (Å²) in [4.78, 5) is 34.2. The van der Waals surface area contributed by atoms with Crippen molar-refractivity contribution in [1.82, 2.24) is 0 Å². The van der Waals surface area contributed by atoms with Crippen LogP contribution in [0.2, 0.25) is 0 Å². The van der Waals surface area contributed by atoms with E-state index in [4.69, 9.17) is 9.47 Å². The van der Waals surface area contributed by atoms with Gasteiger partial charge in [-0.2, -0.15) is 0 Å². The minimum Gasteiger partial charge on any atom is -0.494 e. The lowest BCUT2D eigenvalue weighted by molar-refractivity contribution is -0.384. The molecule has 0 bridgehead atoms. The standard InChI is InChI=1S/C17H14F2N2O6/c1-9(27-17(23)15-11(18)4-3-5-12(15)19)16(22)20-13-7-6-10(21(24)25)8-14(13)26-2/h3-9H,1-2H3,(H,20,22)/t9-/m1/s1. The maximum atomic E-state index is 13.6. The van der Waals surface area contributed by atoms with Crippen molar-refractivity contribution in [3.05, 3.63) is 63.7 Å². The van der Waals surface area contributed by atoms with E-state index in [0.717, 1.165) is 30.3 Å². The molecule has 142 valence electrons. The van der Waals surface area contributed by atoms with Crippen LogP contribution in [0.25, 0.3) is 0 Å². The number of non-ortho nitro benzene ring substituents is 1. The smallest absolute Gasteiger partial charge is 0.344 e. The third kappa shape index (κ3) is 4.54. The summed E-state index contributed by atoms with van der Waals surface area (Å²) in [5.41, 5.74) is -1.07. The number of nitro groups is 1. The minimum atomic E-state index is -1.41. The van der Waals surface area contributed by atoms with Crippen LogP contribution in [0.4, 0.5) is 20.2 Å². The number of amides is 1. The number of ether oxygens (including phenoxy) is 2. The highest BCUT2D eigenvalue weighted by molar-refractivity contribution is 5.98. The third-order valence-corrected chi connectivity index (χ3v) is 3.47. The summed E-state index contributed by atoms with van der Waals surface area (Å²) in [5, 5.41) is 13.1. The molecule has 0 heterocycles. The third-order valence-electron chi connectivity index (χ3n) is 3.47. The Morgan fingerprint density at radius 2 is 1.81 bits per heavy atom. The first kappa shape index (κ1) is 19.8. The molecule has 10 heteroatoms. The number of carbonyl (C=O) groups is 2. The van der Waals surface area contributed by atoms with Crippen molar-refractivity contribution in [2.75, 3.05) is 12.4 Å². The largest absolute Gasteiger partial charge is 0.494 e. The molecule has 0 saturated carbocycles. The van der Waals surface area contributed by atoms with E-state index >= 15 is 0 Å². The number of hydrogen-bond acceptors (Lipinski definition) is 6. The van der Waals surface area contributed by atoms with Gasteiger partial charge in [-0.3, -0.25) is 14.9 Å². The van der Waals surface area contributed by atoms with Crippen LogP contribution in [0.3, 0.4) is 0 Å². The fourth-order valence-corrected chi connectivity index (χ4v) is 2.10. The van der Waals surface area contributed by atoms with Gasteiger partial charge in [-0.25, -0.2) is 13.6 Å². The fraction of sp³-hybridized carbons (Fsp3) is 0.176. The number of esters is 1. The lowest BCUT2D eigenvalue weighted by Crippen LogP contribution is -2.30. The normalized spacial score (nSPS) is 11.4. The van der Waals surface area contributed by atoms with Crippen LogP contribution < -0.4 is 10.1 Å². The van der Waals surface area contributed by atoms with Gasteiger partial charge in [0.1, 0.15) is 22.9 Å². The molecule has 0 aromatic heterocycles. The maximum absolute atomic E-state index is 13.6. The summed E-state index contributed by atoms with van der Waals surface area (Å²) in [6.45, 7) is 1.20. The lowest BCUT2D eigenvalue weighted by Gasteiger charge is -2.15. The SMILES string of the molecule is COc1cc([N+](=O)[O-])ccc1NC(=O)[C@@H](C)OC(=O)c1c(F)cccc1F. The van der Waals surface area contributed by atoms with E-state index in [1.165, 1.54) is 20.1 Å². The minimum absolute atomic E-state index is 0.0104. The molecule has 0 aliphatic heterocycles. The van der Waals surface area contributed by atoms with E-state index < -0.39 is 40.1 Å². The first-order valence-corrected chi connectivity index (χ1v) is 7.53. The molecule has 1 N–H and O–H groups in total. The van der Waals surface area contributed by atoms with E-state index in [1.807, 2.05) is 0 Å². The van der Waals surface area contributed by atoms with E-state index in [1.54, 1.807) is 0 Å². The topological polar surface area (TPSA) is 108 Å². The maximum Gasteiger partial charge on any atom is 0.344 e. The number of anilines is 1. The van der Waals surface area contributed by atoms with Crippen LogP contribution >= 0.6 is 0 Å². The van der Waals surface area contributed by atoms with Gasteiger partial charge in [-0.05, 0) is 25.1 Å². The molecule has 0 fully saturated rings. The second-order valence-electron chi connectivity index (χ2n) is 5.28. The molecule has 1 amide bonds. The molecular formula is C17H14F2N2O6. The molecule has 0 radical (unpaired) electrons. The molecule has 0 spiro atoms.